The smallest absolute Gasteiger partial charge is 0.322 e. The van der Waals surface area contributed by atoms with Crippen molar-refractivity contribution in [2.45, 2.75) is 0 Å². The maximum Gasteiger partial charge on any atom is 0.322 e. The van der Waals surface area contributed by atoms with Crippen LogP contribution in [0.3, 0.4) is 0 Å². The molecule has 17 heavy (non-hydrogen) atoms. The van der Waals surface area contributed by atoms with Crippen LogP contribution in [0.2, 0.25) is 5.02 Å². The van der Waals surface area contributed by atoms with Crippen molar-refractivity contribution in [2.24, 2.45) is 0 Å². The van der Waals surface area contributed by atoms with Gasteiger partial charge < -0.3 is 15.4 Å². The number of carbonyl (C=O) groups excluding carboxylic acids is 1. The molecule has 0 saturated carbocycles. The first-order valence-corrected chi connectivity index (χ1v) is 5.23. The number of halogens is 1. The molecule has 0 fully saturated rings. The molecule has 2 rings (SSSR count). The van der Waals surface area contributed by atoms with Crippen molar-refractivity contribution in [3.05, 3.63) is 35.0 Å². The Balaban J connectivity index is 2.27. The van der Waals surface area contributed by atoms with Crippen molar-refractivity contribution in [2.75, 3.05) is 6.54 Å². The van der Waals surface area contributed by atoms with Crippen LogP contribution in [0.15, 0.2) is 24.3 Å². The number of H-pyrrole nitrogens is 1. The Morgan fingerprint density at radius 1 is 1.41 bits per heavy atom. The van der Waals surface area contributed by atoms with E-state index in [4.69, 9.17) is 16.7 Å². The minimum atomic E-state index is -1.09. The summed E-state index contributed by atoms with van der Waals surface area (Å²) in [6.07, 6.45) is 0. The van der Waals surface area contributed by atoms with Gasteiger partial charge in [0.25, 0.3) is 5.91 Å². The fourth-order valence-electron chi connectivity index (χ4n) is 1.49. The van der Waals surface area contributed by atoms with E-state index in [1.165, 1.54) is 0 Å². The minimum absolute atomic E-state index is 0.286. The second-order valence-electron chi connectivity index (χ2n) is 3.46. The predicted molar refractivity (Wildman–Crippen MR) is 63.3 cm³/mol. The third kappa shape index (κ3) is 2.39. The molecule has 3 N–H and O–H groups in total. The van der Waals surface area contributed by atoms with Gasteiger partial charge in [-0.05, 0) is 18.2 Å². The van der Waals surface area contributed by atoms with Gasteiger partial charge >= 0.3 is 5.97 Å². The van der Waals surface area contributed by atoms with Crippen LogP contribution in [0.5, 0.6) is 0 Å². The zero-order valence-electron chi connectivity index (χ0n) is 8.66. The Hall–Kier alpha value is -2.01. The lowest BCUT2D eigenvalue weighted by Crippen LogP contribution is -2.29. The van der Waals surface area contributed by atoms with E-state index in [1.54, 1.807) is 24.3 Å². The van der Waals surface area contributed by atoms with E-state index >= 15 is 0 Å². The highest BCUT2D eigenvalue weighted by molar-refractivity contribution is 6.35. The number of benzene rings is 1. The van der Waals surface area contributed by atoms with Gasteiger partial charge in [-0.15, -0.1) is 0 Å². The Morgan fingerprint density at radius 2 is 2.18 bits per heavy atom. The van der Waals surface area contributed by atoms with E-state index in [9.17, 15) is 9.59 Å². The fraction of sp³-hybridized carbons (Fsp3) is 0.0909. The zero-order valence-corrected chi connectivity index (χ0v) is 9.41. The number of rotatable bonds is 3. The molecule has 0 aliphatic rings. The molecule has 2 aromatic rings. The molecular formula is C11H9ClN2O3. The van der Waals surface area contributed by atoms with E-state index in [-0.39, 0.29) is 5.69 Å². The number of carboxylic acids is 1. The van der Waals surface area contributed by atoms with E-state index in [0.29, 0.717) is 5.02 Å². The van der Waals surface area contributed by atoms with Crippen molar-refractivity contribution < 1.29 is 14.7 Å². The van der Waals surface area contributed by atoms with Gasteiger partial charge in [-0.3, -0.25) is 9.59 Å². The molecule has 6 heteroatoms. The number of hydrogen-bond acceptors (Lipinski definition) is 2. The Morgan fingerprint density at radius 3 is 2.82 bits per heavy atom. The molecular weight excluding hydrogens is 244 g/mol. The first-order valence-electron chi connectivity index (χ1n) is 4.85. The van der Waals surface area contributed by atoms with Crippen LogP contribution in [0, 0.1) is 0 Å². The molecule has 0 aliphatic carbocycles. The van der Waals surface area contributed by atoms with Crippen LogP contribution in [0.25, 0.3) is 10.9 Å². The maximum atomic E-state index is 11.6. The van der Waals surface area contributed by atoms with Gasteiger partial charge in [0.05, 0.1) is 0 Å². The third-order valence-corrected chi connectivity index (χ3v) is 2.59. The van der Waals surface area contributed by atoms with Gasteiger partial charge in [0.15, 0.2) is 0 Å². The van der Waals surface area contributed by atoms with Gasteiger partial charge in [0.1, 0.15) is 12.2 Å². The van der Waals surface area contributed by atoms with Crippen LogP contribution in [0.1, 0.15) is 10.5 Å². The Kier molecular flexibility index (Phi) is 3.01. The van der Waals surface area contributed by atoms with Crippen molar-refractivity contribution in [1.29, 1.82) is 0 Å². The quantitative estimate of drug-likeness (QED) is 0.777. The normalized spacial score (nSPS) is 10.4. The summed E-state index contributed by atoms with van der Waals surface area (Å²) in [6, 6.07) is 6.86. The zero-order chi connectivity index (χ0) is 12.4. The molecule has 0 unspecified atom stereocenters. The first-order chi connectivity index (χ1) is 8.08. The molecule has 0 spiro atoms. The average molecular weight is 253 g/mol. The molecule has 1 aromatic carbocycles. The molecule has 1 amide bonds. The second kappa shape index (κ2) is 4.47. The SMILES string of the molecule is O=C(O)CNC(=O)c1cc2c(Cl)cccc2[nH]1. The summed E-state index contributed by atoms with van der Waals surface area (Å²) < 4.78 is 0. The number of fused-ring (bicyclic) bond motifs is 1. The van der Waals surface area contributed by atoms with Gasteiger partial charge in [0, 0.05) is 15.9 Å². The van der Waals surface area contributed by atoms with Gasteiger partial charge in [-0.25, -0.2) is 0 Å². The number of nitrogens with one attached hydrogen (secondary N) is 2. The lowest BCUT2D eigenvalue weighted by atomic mass is 10.2. The average Bonchev–Trinajstić information content (AvgIpc) is 2.71. The number of aromatic amines is 1. The summed E-state index contributed by atoms with van der Waals surface area (Å²) in [5, 5.41) is 12.0. The lowest BCUT2D eigenvalue weighted by molar-refractivity contribution is -0.135. The predicted octanol–water partition coefficient (Wildman–Crippen LogP) is 1.64. The van der Waals surface area contributed by atoms with Gasteiger partial charge in [-0.2, -0.15) is 0 Å². The third-order valence-electron chi connectivity index (χ3n) is 2.26. The van der Waals surface area contributed by atoms with E-state index in [0.717, 1.165) is 10.9 Å². The highest BCUT2D eigenvalue weighted by Gasteiger charge is 2.11. The largest absolute Gasteiger partial charge is 0.480 e. The monoisotopic (exact) mass is 252 g/mol. The van der Waals surface area contributed by atoms with Crippen LogP contribution >= 0.6 is 11.6 Å². The van der Waals surface area contributed by atoms with Crippen molar-refractivity contribution >= 4 is 34.4 Å². The molecule has 0 aliphatic heterocycles. The lowest BCUT2D eigenvalue weighted by Gasteiger charge is -1.98. The molecule has 0 saturated heterocycles. The minimum Gasteiger partial charge on any atom is -0.480 e. The van der Waals surface area contributed by atoms with Crippen molar-refractivity contribution in [3.63, 3.8) is 0 Å². The van der Waals surface area contributed by atoms with E-state index in [1.807, 2.05) is 0 Å². The standard InChI is InChI=1S/C11H9ClN2O3/c12-7-2-1-3-8-6(7)4-9(14-8)11(17)13-5-10(15)16/h1-4,14H,5H2,(H,13,17)(H,15,16). The number of hydrogen-bond donors (Lipinski definition) is 3. The van der Waals surface area contributed by atoms with Gasteiger partial charge in [0.2, 0.25) is 0 Å². The Labute approximate surface area is 101 Å². The number of carboxylic acid groups (broad SMARTS) is 1. The molecule has 0 radical (unpaired) electrons. The number of amides is 1. The summed E-state index contributed by atoms with van der Waals surface area (Å²) in [6.45, 7) is -0.415. The van der Waals surface area contributed by atoms with E-state index in [2.05, 4.69) is 10.3 Å². The highest BCUT2D eigenvalue weighted by Crippen LogP contribution is 2.23. The molecule has 1 aromatic heterocycles. The summed E-state index contributed by atoms with van der Waals surface area (Å²) in [5.41, 5.74) is 1.02. The molecule has 0 atom stereocenters. The maximum absolute atomic E-state index is 11.6. The number of aromatic nitrogens is 1. The summed E-state index contributed by atoms with van der Waals surface area (Å²) >= 11 is 5.96. The van der Waals surface area contributed by atoms with Gasteiger partial charge in [-0.1, -0.05) is 17.7 Å². The molecule has 0 bridgehead atoms. The highest BCUT2D eigenvalue weighted by atomic mass is 35.5. The summed E-state index contributed by atoms with van der Waals surface area (Å²) in [5.74, 6) is -1.56. The fourth-order valence-corrected chi connectivity index (χ4v) is 1.72. The van der Waals surface area contributed by atoms with Crippen LogP contribution in [0.4, 0.5) is 0 Å². The number of aliphatic carboxylic acids is 1. The van der Waals surface area contributed by atoms with Crippen LogP contribution in [-0.2, 0) is 4.79 Å². The van der Waals surface area contributed by atoms with Crippen molar-refractivity contribution in [1.82, 2.24) is 10.3 Å². The number of carbonyl (C=O) groups is 2. The van der Waals surface area contributed by atoms with Crippen molar-refractivity contribution in [3.8, 4) is 0 Å². The van der Waals surface area contributed by atoms with Crippen LogP contribution < -0.4 is 5.32 Å². The summed E-state index contributed by atoms with van der Waals surface area (Å²) in [7, 11) is 0. The second-order valence-corrected chi connectivity index (χ2v) is 3.87. The van der Waals surface area contributed by atoms with E-state index < -0.39 is 18.4 Å². The summed E-state index contributed by atoms with van der Waals surface area (Å²) in [4.78, 5) is 24.8. The molecule has 88 valence electrons. The Bertz CT molecular complexity index is 591. The molecule has 1 heterocycles. The first kappa shape index (κ1) is 11.5. The topological polar surface area (TPSA) is 82.2 Å². The molecule has 5 nitrogen and oxygen atoms in total. The van der Waals surface area contributed by atoms with Crippen LogP contribution in [-0.4, -0.2) is 28.5 Å².